The third-order valence-electron chi connectivity index (χ3n) is 14.4. The van der Waals surface area contributed by atoms with Gasteiger partial charge in [0, 0.05) is 56.2 Å². The minimum Gasteiger partial charge on any atom is -0.329 e. The van der Waals surface area contributed by atoms with Crippen molar-refractivity contribution in [3.63, 3.8) is 0 Å². The fourth-order valence-electron chi connectivity index (χ4n) is 9.35. The predicted molar refractivity (Wildman–Crippen MR) is 332 cm³/mol. The molecule has 2 fully saturated rings. The van der Waals surface area contributed by atoms with E-state index < -0.39 is 55.6 Å². The molecule has 0 aliphatic heterocycles. The Morgan fingerprint density at radius 3 is 1.33 bits per heavy atom. The van der Waals surface area contributed by atoms with Crippen LogP contribution in [0.4, 0.5) is 43.4 Å². The predicted octanol–water partition coefficient (Wildman–Crippen LogP) is 8.26. The van der Waals surface area contributed by atoms with Gasteiger partial charge >= 0.3 is 12.4 Å². The van der Waals surface area contributed by atoms with Gasteiger partial charge in [-0.05, 0) is 151 Å². The number of carbonyl (C=O) groups excluding carboxylic acids is 2. The summed E-state index contributed by atoms with van der Waals surface area (Å²) in [5, 5.41) is 33.2. The highest BCUT2D eigenvalue weighted by atomic mass is 32.2. The van der Waals surface area contributed by atoms with Crippen LogP contribution in [0.1, 0.15) is 97.9 Å². The fraction of sp³-hybridized carbons (Fsp3) is 0.274. The number of alkyl halides is 6. The number of rotatable bonds is 23. The molecule has 2 unspecified atom stereocenters. The standard InChI is InChI=1S/C29H25F3N6O3S.C29H29F3N6O3S.C4H13N3/c1-34-21-5-3-7-23(15-21)38-25(16-26(37-38)29(30,31)32)28(39)36-22-6-2-4-20(14-22)27(35-17-18-8-9-18)19-10-12-24(13-11-19)42(33,40)41;30-29(31,32)26-15-25(38(37-26)23-6-1-3-19(13-23)16-33)28(39)36-22-5-2-4-21(14-22)27(35-17-18-7-8-18)20-9-11-24(12-10-20)42(34,40)41;5-1-3-7-4-2-6/h2-7,10-16,18,27,35H,8-9,17H2,(H,36,39)(H2,33,40,41);1-6,9-15,18,27,35H,7-8,16-17,33H2,(H,36,39)(H2,34,40,41);7H,1-6H2. The van der Waals surface area contributed by atoms with Crippen molar-refractivity contribution in [2.75, 3.05) is 49.9 Å². The Balaban J connectivity index is 0.000000212. The number of nitrogens with zero attached hydrogens (tertiary/aromatic N) is 5. The highest BCUT2D eigenvalue weighted by Gasteiger charge is 2.38. The van der Waals surface area contributed by atoms with E-state index in [4.69, 9.17) is 34.1 Å². The van der Waals surface area contributed by atoms with Crippen LogP contribution < -0.4 is 54.1 Å². The number of nitrogens with two attached hydrogens (primary N) is 5. The number of primary sulfonamides is 2. The number of nitrogens with one attached hydrogen (secondary N) is 5. The number of benzene rings is 6. The molecule has 0 radical (unpaired) electrons. The van der Waals surface area contributed by atoms with Gasteiger partial charge in [-0.2, -0.15) is 36.5 Å². The Morgan fingerprint density at radius 2 is 0.956 bits per heavy atom. The summed E-state index contributed by atoms with van der Waals surface area (Å²) in [7, 11) is -7.73. The number of aromatic nitrogens is 4. The van der Waals surface area contributed by atoms with E-state index in [1.54, 1.807) is 84.9 Å². The number of amides is 2. The molecular weight excluding hydrogens is 1230 g/mol. The summed E-state index contributed by atoms with van der Waals surface area (Å²) in [6.45, 7) is 12.0. The molecule has 2 amide bonds. The molecule has 2 heterocycles. The summed E-state index contributed by atoms with van der Waals surface area (Å²) < 4.78 is 130. The van der Waals surface area contributed by atoms with E-state index in [-0.39, 0.29) is 56.9 Å². The molecular formula is C62H67F6N15O6S2. The molecule has 2 aliphatic carbocycles. The van der Waals surface area contributed by atoms with Crippen LogP contribution in [0.5, 0.6) is 0 Å². The Morgan fingerprint density at radius 1 is 0.549 bits per heavy atom. The minimum atomic E-state index is -4.79. The second-order valence-corrected chi connectivity index (χ2v) is 24.6. The van der Waals surface area contributed by atoms with E-state index in [0.717, 1.165) is 83.5 Å². The monoisotopic (exact) mass is 1300 g/mol. The summed E-state index contributed by atoms with van der Waals surface area (Å²) in [5.74, 6) is -0.542. The smallest absolute Gasteiger partial charge is 0.329 e. The van der Waals surface area contributed by atoms with Gasteiger partial charge in [0.25, 0.3) is 11.8 Å². The Kier molecular flexibility index (Phi) is 22.5. The van der Waals surface area contributed by atoms with Gasteiger partial charge in [-0.25, -0.2) is 41.3 Å². The first-order chi connectivity index (χ1) is 43.3. The first-order valence-corrected chi connectivity index (χ1v) is 31.6. The van der Waals surface area contributed by atoms with E-state index in [1.807, 2.05) is 12.1 Å². The molecule has 21 nitrogen and oxygen atoms in total. The van der Waals surface area contributed by atoms with Crippen LogP contribution in [0.2, 0.25) is 0 Å². The minimum absolute atomic E-state index is 0.0138. The van der Waals surface area contributed by atoms with Crippen molar-refractivity contribution >= 4 is 48.9 Å². The molecule has 29 heteroatoms. The molecule has 6 aromatic carbocycles. The third-order valence-corrected chi connectivity index (χ3v) is 16.2. The number of halogens is 6. The van der Waals surface area contributed by atoms with Crippen LogP contribution in [0.3, 0.4) is 0 Å². The van der Waals surface area contributed by atoms with Crippen molar-refractivity contribution in [3.8, 4) is 11.4 Å². The molecule has 8 aromatic rings. The quantitative estimate of drug-likeness (QED) is 0.0164. The average Bonchev–Trinajstić information content (AvgIpc) is 1.81. The Labute approximate surface area is 521 Å². The average molecular weight is 1300 g/mol. The first-order valence-electron chi connectivity index (χ1n) is 28.5. The van der Waals surface area contributed by atoms with E-state index in [9.17, 15) is 52.8 Å². The number of carbonyl (C=O) groups is 2. The van der Waals surface area contributed by atoms with Gasteiger partial charge < -0.3 is 43.8 Å². The summed E-state index contributed by atoms with van der Waals surface area (Å²) in [4.78, 5) is 29.9. The summed E-state index contributed by atoms with van der Waals surface area (Å²) in [5.41, 5.74) is 17.9. The van der Waals surface area contributed by atoms with Crippen LogP contribution in [0.15, 0.2) is 168 Å². The van der Waals surface area contributed by atoms with Gasteiger partial charge in [0.15, 0.2) is 17.1 Å². The molecule has 91 heavy (non-hydrogen) atoms. The molecule has 0 spiro atoms. The van der Waals surface area contributed by atoms with Crippen molar-refractivity contribution in [2.24, 2.45) is 39.3 Å². The first kappa shape index (κ1) is 68.2. The van der Waals surface area contributed by atoms with E-state index in [0.29, 0.717) is 54.0 Å². The number of sulfonamides is 2. The maximum atomic E-state index is 13.6. The van der Waals surface area contributed by atoms with Gasteiger partial charge in [0.05, 0.1) is 39.8 Å². The van der Waals surface area contributed by atoms with Crippen LogP contribution >= 0.6 is 0 Å². The molecule has 2 aromatic heterocycles. The topological polar surface area (TPSA) is 333 Å². The molecule has 2 saturated carbocycles. The number of hydrogen-bond donors (Lipinski definition) is 10. The Hall–Kier alpha value is -8.67. The highest BCUT2D eigenvalue weighted by Crippen LogP contribution is 2.35. The van der Waals surface area contributed by atoms with E-state index in [1.165, 1.54) is 48.5 Å². The van der Waals surface area contributed by atoms with Gasteiger partial charge in [-0.3, -0.25) is 9.59 Å². The molecule has 2 aliphatic rings. The van der Waals surface area contributed by atoms with Crippen molar-refractivity contribution in [1.29, 1.82) is 0 Å². The lowest BCUT2D eigenvalue weighted by Gasteiger charge is -2.21. The normalized spacial score (nSPS) is 14.0. The second kappa shape index (κ2) is 30.0. The molecule has 10 rings (SSSR count). The molecule has 480 valence electrons. The van der Waals surface area contributed by atoms with Crippen molar-refractivity contribution in [1.82, 2.24) is 35.5 Å². The van der Waals surface area contributed by atoms with Crippen molar-refractivity contribution in [2.45, 2.75) is 66.5 Å². The molecule has 0 bridgehead atoms. The van der Waals surface area contributed by atoms with E-state index >= 15 is 0 Å². The maximum Gasteiger partial charge on any atom is 0.435 e. The fourth-order valence-corrected chi connectivity index (χ4v) is 10.4. The lowest BCUT2D eigenvalue weighted by Crippen LogP contribution is -2.27. The van der Waals surface area contributed by atoms with Crippen LogP contribution in [-0.2, 0) is 38.9 Å². The molecule has 0 saturated heterocycles. The van der Waals surface area contributed by atoms with E-state index in [2.05, 4.69) is 41.6 Å². The number of anilines is 2. The third kappa shape index (κ3) is 19.2. The second-order valence-electron chi connectivity index (χ2n) is 21.4. The maximum absolute atomic E-state index is 13.6. The largest absolute Gasteiger partial charge is 0.435 e. The van der Waals surface area contributed by atoms with Gasteiger partial charge in [-0.15, -0.1) is 0 Å². The van der Waals surface area contributed by atoms with Crippen LogP contribution in [-0.4, -0.2) is 87.5 Å². The lowest BCUT2D eigenvalue weighted by atomic mass is 9.98. The van der Waals surface area contributed by atoms with Crippen molar-refractivity contribution in [3.05, 3.63) is 220 Å². The molecule has 2 atom stereocenters. The zero-order valence-corrected chi connectivity index (χ0v) is 50.4. The molecule has 15 N–H and O–H groups in total. The zero-order valence-electron chi connectivity index (χ0n) is 48.8. The SMILES string of the molecule is NCCNCCN.NCc1cccc(-n2nc(C(F)(F)F)cc2C(=O)Nc2cccc(C(NCC3CC3)c3ccc(S(N)(=O)=O)cc3)c2)c1.[C-]#[N+]c1cccc(-n2nc(C(F)(F)F)cc2C(=O)Nc2cccc(C(NCC3CC3)c3ccc(S(N)(=O)=O)cc3)c2)c1. The summed E-state index contributed by atoms with van der Waals surface area (Å²) in [6.07, 6.45) is -5.12. The number of hydrogen-bond acceptors (Lipinski definition) is 14. The zero-order chi connectivity index (χ0) is 65.7. The summed E-state index contributed by atoms with van der Waals surface area (Å²) >= 11 is 0. The van der Waals surface area contributed by atoms with Gasteiger partial charge in [0.1, 0.15) is 11.4 Å². The highest BCUT2D eigenvalue weighted by molar-refractivity contribution is 7.89. The Bertz CT molecular complexity index is 4090. The lowest BCUT2D eigenvalue weighted by molar-refractivity contribution is -0.142. The van der Waals surface area contributed by atoms with Crippen LogP contribution in [0.25, 0.3) is 16.2 Å². The van der Waals surface area contributed by atoms with Crippen molar-refractivity contribution < 1.29 is 52.8 Å². The van der Waals surface area contributed by atoms with Gasteiger partial charge in [0.2, 0.25) is 20.0 Å². The van der Waals surface area contributed by atoms with Gasteiger partial charge in [-0.1, -0.05) is 72.8 Å². The summed E-state index contributed by atoms with van der Waals surface area (Å²) in [6, 6.07) is 39.0. The van der Waals surface area contributed by atoms with Crippen LogP contribution in [0, 0.1) is 18.4 Å².